The summed E-state index contributed by atoms with van der Waals surface area (Å²) < 4.78 is 23.4. The number of hydrogen-bond acceptors (Lipinski definition) is 3. The minimum atomic E-state index is -0.582. The van der Waals surface area contributed by atoms with Crippen LogP contribution in [0.15, 0.2) is 42.5 Å². The van der Waals surface area contributed by atoms with Gasteiger partial charge in [-0.15, -0.1) is 0 Å². The van der Waals surface area contributed by atoms with Gasteiger partial charge in [-0.1, -0.05) is 12.1 Å². The highest BCUT2D eigenvalue weighted by Crippen LogP contribution is 2.25. The van der Waals surface area contributed by atoms with Crippen LogP contribution >= 0.6 is 0 Å². The number of carbonyl (C=O) groups excluding carboxylic acids is 1. The van der Waals surface area contributed by atoms with E-state index in [1.165, 1.54) is 19.2 Å². The highest BCUT2D eigenvalue weighted by molar-refractivity contribution is 5.95. The monoisotopic (exact) mass is 275 g/mol. The van der Waals surface area contributed by atoms with Crippen molar-refractivity contribution >= 4 is 5.91 Å². The van der Waals surface area contributed by atoms with Crippen molar-refractivity contribution in [3.8, 4) is 11.5 Å². The molecule has 0 spiro atoms. The molecule has 0 saturated carbocycles. The van der Waals surface area contributed by atoms with Crippen molar-refractivity contribution in [3.05, 3.63) is 59.4 Å². The Morgan fingerprint density at radius 1 is 1.20 bits per heavy atom. The molecule has 0 aliphatic rings. The topological polar surface area (TPSA) is 61.5 Å². The fraction of sp³-hybridized carbons (Fsp3) is 0.133. The summed E-state index contributed by atoms with van der Waals surface area (Å²) >= 11 is 0. The third kappa shape index (κ3) is 3.26. The zero-order chi connectivity index (χ0) is 14.5. The molecular weight excluding hydrogens is 261 g/mol. The number of ether oxygens (including phenoxy) is 2. The molecule has 0 radical (unpaired) electrons. The average molecular weight is 275 g/mol. The molecule has 2 aromatic rings. The van der Waals surface area contributed by atoms with Crippen molar-refractivity contribution in [1.82, 2.24) is 0 Å². The summed E-state index contributed by atoms with van der Waals surface area (Å²) in [7, 11) is 1.52. The van der Waals surface area contributed by atoms with Gasteiger partial charge < -0.3 is 15.2 Å². The first-order valence-corrected chi connectivity index (χ1v) is 5.95. The van der Waals surface area contributed by atoms with Crippen LogP contribution in [0.2, 0.25) is 0 Å². The lowest BCUT2D eigenvalue weighted by molar-refractivity contribution is 0.0996. The van der Waals surface area contributed by atoms with Crippen LogP contribution in [-0.4, -0.2) is 13.0 Å². The van der Waals surface area contributed by atoms with Crippen molar-refractivity contribution in [1.29, 1.82) is 0 Å². The van der Waals surface area contributed by atoms with Gasteiger partial charge in [0.2, 0.25) is 0 Å². The van der Waals surface area contributed by atoms with Gasteiger partial charge in [-0.25, -0.2) is 4.39 Å². The summed E-state index contributed by atoms with van der Waals surface area (Å²) in [5.41, 5.74) is 6.34. The largest absolute Gasteiger partial charge is 0.497 e. The first-order chi connectivity index (χ1) is 9.60. The van der Waals surface area contributed by atoms with Crippen LogP contribution in [0.3, 0.4) is 0 Å². The van der Waals surface area contributed by atoms with Gasteiger partial charge in [-0.2, -0.15) is 0 Å². The fourth-order valence-corrected chi connectivity index (χ4v) is 1.69. The summed E-state index contributed by atoms with van der Waals surface area (Å²) in [6.07, 6.45) is 0. The van der Waals surface area contributed by atoms with Crippen LogP contribution in [0.25, 0.3) is 0 Å². The zero-order valence-corrected chi connectivity index (χ0v) is 10.9. The first kappa shape index (κ1) is 13.9. The second-order valence-corrected chi connectivity index (χ2v) is 4.14. The van der Waals surface area contributed by atoms with E-state index in [9.17, 15) is 9.18 Å². The molecule has 20 heavy (non-hydrogen) atoms. The average Bonchev–Trinajstić information content (AvgIpc) is 2.46. The molecule has 0 atom stereocenters. The van der Waals surface area contributed by atoms with E-state index in [-0.39, 0.29) is 18.0 Å². The lowest BCUT2D eigenvalue weighted by Crippen LogP contribution is -2.13. The van der Waals surface area contributed by atoms with Crippen molar-refractivity contribution in [2.75, 3.05) is 7.11 Å². The highest BCUT2D eigenvalue weighted by atomic mass is 19.1. The first-order valence-electron chi connectivity index (χ1n) is 5.95. The Morgan fingerprint density at radius 3 is 2.50 bits per heavy atom. The molecular formula is C15H14FNO3. The maximum atomic E-state index is 12.8. The Kier molecular flexibility index (Phi) is 4.20. The molecule has 1 amide bonds. The SMILES string of the molecule is COc1ccc(C(N)=O)c(OCc2ccc(F)cc2)c1. The van der Waals surface area contributed by atoms with E-state index in [1.54, 1.807) is 30.3 Å². The molecule has 104 valence electrons. The summed E-state index contributed by atoms with van der Waals surface area (Å²) in [5.74, 6) is -0.00000402. The van der Waals surface area contributed by atoms with Gasteiger partial charge in [-0.3, -0.25) is 4.79 Å². The number of hydrogen-bond donors (Lipinski definition) is 1. The van der Waals surface area contributed by atoms with Gasteiger partial charge in [0.1, 0.15) is 23.9 Å². The van der Waals surface area contributed by atoms with Gasteiger partial charge >= 0.3 is 0 Å². The third-order valence-electron chi connectivity index (χ3n) is 2.76. The number of benzene rings is 2. The molecule has 5 heteroatoms. The van der Waals surface area contributed by atoms with Gasteiger partial charge in [0.05, 0.1) is 12.7 Å². The van der Waals surface area contributed by atoms with E-state index >= 15 is 0 Å². The Bertz CT molecular complexity index is 611. The molecule has 2 N–H and O–H groups in total. The Hall–Kier alpha value is -2.56. The Labute approximate surface area is 115 Å². The molecule has 0 heterocycles. The quantitative estimate of drug-likeness (QED) is 0.912. The van der Waals surface area contributed by atoms with Crippen LogP contribution in [0.4, 0.5) is 4.39 Å². The van der Waals surface area contributed by atoms with Crippen molar-refractivity contribution in [3.63, 3.8) is 0 Å². The smallest absolute Gasteiger partial charge is 0.252 e. The van der Waals surface area contributed by atoms with E-state index in [4.69, 9.17) is 15.2 Å². The summed E-state index contributed by atoms with van der Waals surface area (Å²) in [6, 6.07) is 10.7. The normalized spacial score (nSPS) is 10.1. The van der Waals surface area contributed by atoms with Crippen LogP contribution in [0.1, 0.15) is 15.9 Å². The molecule has 4 nitrogen and oxygen atoms in total. The summed E-state index contributed by atoms with van der Waals surface area (Å²) in [6.45, 7) is 0.202. The molecule has 0 unspecified atom stereocenters. The molecule has 0 aromatic heterocycles. The number of methoxy groups -OCH3 is 1. The lowest BCUT2D eigenvalue weighted by Gasteiger charge is -2.11. The lowest BCUT2D eigenvalue weighted by atomic mass is 10.2. The van der Waals surface area contributed by atoms with Crippen LogP contribution in [0.5, 0.6) is 11.5 Å². The number of carbonyl (C=O) groups is 1. The number of amides is 1. The molecule has 0 fully saturated rings. The predicted molar refractivity (Wildman–Crippen MR) is 72.2 cm³/mol. The summed E-state index contributed by atoms with van der Waals surface area (Å²) in [5, 5.41) is 0. The van der Waals surface area contributed by atoms with Crippen LogP contribution < -0.4 is 15.2 Å². The highest BCUT2D eigenvalue weighted by Gasteiger charge is 2.11. The minimum Gasteiger partial charge on any atom is -0.497 e. The molecule has 0 aliphatic carbocycles. The number of halogens is 1. The standard InChI is InChI=1S/C15H14FNO3/c1-19-12-6-7-13(15(17)18)14(8-12)20-9-10-2-4-11(16)5-3-10/h2-8H,9H2,1H3,(H2,17,18). The number of primary amides is 1. The maximum absolute atomic E-state index is 12.8. The van der Waals surface area contributed by atoms with E-state index in [1.807, 2.05) is 0 Å². The van der Waals surface area contributed by atoms with Gasteiger partial charge in [0.25, 0.3) is 5.91 Å². The Morgan fingerprint density at radius 2 is 1.90 bits per heavy atom. The van der Waals surface area contributed by atoms with Gasteiger partial charge in [0.15, 0.2) is 0 Å². The predicted octanol–water partition coefficient (Wildman–Crippen LogP) is 2.51. The molecule has 0 bridgehead atoms. The fourth-order valence-electron chi connectivity index (χ4n) is 1.69. The van der Waals surface area contributed by atoms with Crippen molar-refractivity contribution in [2.45, 2.75) is 6.61 Å². The zero-order valence-electron chi connectivity index (χ0n) is 10.9. The van der Waals surface area contributed by atoms with E-state index < -0.39 is 5.91 Å². The minimum absolute atomic E-state index is 0.202. The molecule has 2 aromatic carbocycles. The number of nitrogens with two attached hydrogens (primary N) is 1. The number of rotatable bonds is 5. The van der Waals surface area contributed by atoms with E-state index in [0.717, 1.165) is 5.56 Å². The third-order valence-corrected chi connectivity index (χ3v) is 2.76. The molecule has 2 rings (SSSR count). The Balaban J connectivity index is 2.18. The maximum Gasteiger partial charge on any atom is 0.252 e. The molecule has 0 aliphatic heterocycles. The van der Waals surface area contributed by atoms with Gasteiger partial charge in [0, 0.05) is 6.07 Å². The van der Waals surface area contributed by atoms with Gasteiger partial charge in [-0.05, 0) is 29.8 Å². The van der Waals surface area contributed by atoms with Crippen LogP contribution in [-0.2, 0) is 6.61 Å². The molecule has 0 saturated heterocycles. The van der Waals surface area contributed by atoms with Crippen LogP contribution in [0, 0.1) is 5.82 Å². The second kappa shape index (κ2) is 6.06. The van der Waals surface area contributed by atoms with E-state index in [0.29, 0.717) is 11.5 Å². The second-order valence-electron chi connectivity index (χ2n) is 4.14. The van der Waals surface area contributed by atoms with Crippen molar-refractivity contribution in [2.24, 2.45) is 5.73 Å². The summed E-state index contributed by atoms with van der Waals surface area (Å²) in [4.78, 5) is 11.3. The van der Waals surface area contributed by atoms with Crippen molar-refractivity contribution < 1.29 is 18.7 Å². The van der Waals surface area contributed by atoms with E-state index in [2.05, 4.69) is 0 Å².